The molecule has 1 N–H and O–H groups in total. The molecular weight excluding hydrogens is 448 g/mol. The summed E-state index contributed by atoms with van der Waals surface area (Å²) in [5.74, 6) is 0.626. The molecule has 1 unspecified atom stereocenters. The summed E-state index contributed by atoms with van der Waals surface area (Å²) >= 11 is 0. The molecule has 0 aromatic heterocycles. The van der Waals surface area contributed by atoms with Crippen molar-refractivity contribution >= 4 is 17.0 Å². The van der Waals surface area contributed by atoms with Crippen LogP contribution < -0.4 is 5.32 Å². The Hall–Kier alpha value is -3.57. The van der Waals surface area contributed by atoms with Gasteiger partial charge in [0, 0.05) is 17.8 Å². The number of rotatable bonds is 7. The first-order valence-electron chi connectivity index (χ1n) is 13.5. The summed E-state index contributed by atoms with van der Waals surface area (Å²) in [6, 6.07) is 24.2. The van der Waals surface area contributed by atoms with E-state index in [9.17, 15) is 5.26 Å². The number of nitriles is 1. The van der Waals surface area contributed by atoms with Crippen LogP contribution in [0.2, 0.25) is 0 Å². The van der Waals surface area contributed by atoms with Gasteiger partial charge < -0.3 is 5.32 Å². The van der Waals surface area contributed by atoms with Gasteiger partial charge in [0.1, 0.15) is 0 Å². The number of nitrogens with one attached hydrogen (secondary N) is 1. The second-order valence-electron chi connectivity index (χ2n) is 11.6. The number of nitrogens with zero attached hydrogens (tertiary/aromatic N) is 1. The van der Waals surface area contributed by atoms with Gasteiger partial charge in [-0.25, -0.2) is 0 Å². The van der Waals surface area contributed by atoms with E-state index in [4.69, 9.17) is 0 Å². The van der Waals surface area contributed by atoms with Crippen LogP contribution in [0.3, 0.4) is 0 Å². The van der Waals surface area contributed by atoms with E-state index in [-0.39, 0.29) is 5.41 Å². The lowest BCUT2D eigenvalue weighted by molar-refractivity contribution is 0.544. The third-order valence-electron chi connectivity index (χ3n) is 7.26. The molecule has 0 bridgehead atoms. The van der Waals surface area contributed by atoms with Crippen LogP contribution in [0.4, 0.5) is 5.69 Å². The minimum atomic E-state index is -0.00167. The van der Waals surface area contributed by atoms with Gasteiger partial charge >= 0.3 is 0 Å². The van der Waals surface area contributed by atoms with Gasteiger partial charge in [-0.2, -0.15) is 5.26 Å². The highest BCUT2D eigenvalue weighted by molar-refractivity contribution is 5.88. The van der Waals surface area contributed by atoms with E-state index in [0.717, 1.165) is 29.8 Å². The molecule has 0 heterocycles. The quantitative estimate of drug-likeness (QED) is 0.359. The van der Waals surface area contributed by atoms with Crippen molar-refractivity contribution in [3.05, 3.63) is 101 Å². The molecule has 0 spiro atoms. The number of benzene rings is 3. The van der Waals surface area contributed by atoms with Crippen molar-refractivity contribution in [2.75, 3.05) is 5.32 Å². The van der Waals surface area contributed by atoms with E-state index < -0.39 is 0 Å². The molecule has 0 saturated carbocycles. The highest BCUT2D eigenvalue weighted by Crippen LogP contribution is 2.41. The van der Waals surface area contributed by atoms with Crippen LogP contribution in [-0.2, 0) is 6.42 Å². The van der Waals surface area contributed by atoms with Gasteiger partial charge in [0.05, 0.1) is 6.07 Å². The van der Waals surface area contributed by atoms with Crippen molar-refractivity contribution < 1.29 is 0 Å². The first kappa shape index (κ1) is 26.5. The predicted molar refractivity (Wildman–Crippen MR) is 159 cm³/mol. The zero-order chi connectivity index (χ0) is 26.6. The number of hydrogen-bond acceptors (Lipinski definition) is 2. The highest BCUT2D eigenvalue weighted by atomic mass is 14.9. The largest absolute Gasteiger partial charge is 0.355 e. The molecule has 0 radical (unpaired) electrons. The Morgan fingerprint density at radius 1 is 1.11 bits per heavy atom. The Morgan fingerprint density at radius 3 is 2.57 bits per heavy atom. The summed E-state index contributed by atoms with van der Waals surface area (Å²) in [6.07, 6.45) is 7.25. The van der Waals surface area contributed by atoms with Crippen molar-refractivity contribution in [2.24, 2.45) is 5.41 Å². The second-order valence-corrected chi connectivity index (χ2v) is 11.6. The minimum Gasteiger partial charge on any atom is -0.355 e. The molecule has 2 heteroatoms. The maximum Gasteiger partial charge on any atom is 0.0625 e. The molecule has 4 rings (SSSR count). The average Bonchev–Trinajstić information content (AvgIpc) is 2.86. The van der Waals surface area contributed by atoms with Crippen molar-refractivity contribution in [1.29, 1.82) is 5.26 Å². The molecule has 2 nitrogen and oxygen atoms in total. The Kier molecular flexibility index (Phi) is 8.03. The molecule has 0 aliphatic heterocycles. The van der Waals surface area contributed by atoms with E-state index in [1.54, 1.807) is 0 Å². The van der Waals surface area contributed by atoms with Gasteiger partial charge in [-0.1, -0.05) is 88.9 Å². The maximum atomic E-state index is 9.46. The van der Waals surface area contributed by atoms with Crippen molar-refractivity contribution in [1.82, 2.24) is 0 Å². The second kappa shape index (κ2) is 11.2. The van der Waals surface area contributed by atoms with E-state index in [1.807, 2.05) is 18.2 Å². The maximum absolute atomic E-state index is 9.46. The normalized spacial score (nSPS) is 15.6. The summed E-state index contributed by atoms with van der Waals surface area (Å²) in [4.78, 5) is 0. The molecule has 0 saturated heterocycles. The predicted octanol–water partition coefficient (Wildman–Crippen LogP) is 9.92. The molecule has 3 aromatic rings. The highest BCUT2D eigenvalue weighted by Gasteiger charge is 2.21. The van der Waals surface area contributed by atoms with Crippen LogP contribution in [0, 0.1) is 23.7 Å². The van der Waals surface area contributed by atoms with Crippen molar-refractivity contribution in [3.63, 3.8) is 0 Å². The molecule has 1 aliphatic rings. The molecule has 37 heavy (non-hydrogen) atoms. The first-order chi connectivity index (χ1) is 17.7. The van der Waals surface area contributed by atoms with Crippen LogP contribution in [0.25, 0.3) is 22.4 Å². The average molecular weight is 489 g/mol. The number of aryl methyl sites for hydroxylation is 2. The Labute approximate surface area is 223 Å². The van der Waals surface area contributed by atoms with E-state index in [1.165, 1.54) is 51.8 Å². The van der Waals surface area contributed by atoms with E-state index >= 15 is 0 Å². The van der Waals surface area contributed by atoms with E-state index in [0.29, 0.717) is 12.3 Å². The summed E-state index contributed by atoms with van der Waals surface area (Å²) in [5, 5.41) is 13.0. The lowest BCUT2D eigenvalue weighted by Gasteiger charge is -2.25. The lowest BCUT2D eigenvalue weighted by Crippen LogP contribution is -2.08. The standard InChI is InChI=1S/C35H40N2/c1-24-12-10-15-28-21-29(17-18-32(24)28)34-25(2)20-31(37-26(3)27-13-8-7-9-14-27)22-33(34)30(16-11-19-36)23-35(4,5)6/h7-9,13-14,17-18,20-24,37H,3,10-12,15-16H2,1-2,4-6H3/b30-23+. The first-order valence-corrected chi connectivity index (χ1v) is 13.5. The van der Waals surface area contributed by atoms with Crippen LogP contribution in [0.5, 0.6) is 0 Å². The van der Waals surface area contributed by atoms with Crippen LogP contribution in [0.1, 0.15) is 87.1 Å². The number of fused-ring (bicyclic) bond motifs is 1. The molecule has 190 valence electrons. The summed E-state index contributed by atoms with van der Waals surface area (Å²) in [6.45, 7) is 15.5. The summed E-state index contributed by atoms with van der Waals surface area (Å²) < 4.78 is 0. The van der Waals surface area contributed by atoms with Gasteiger partial charge in [0.25, 0.3) is 0 Å². The Bertz CT molecular complexity index is 1350. The SMILES string of the molecule is C=C(Nc1cc(C)c(-c2ccc3c(c2)CCCC3C)c(/C(=C/C(C)(C)C)CCC#N)c1)c1ccccc1. The van der Waals surface area contributed by atoms with Crippen LogP contribution in [0.15, 0.2) is 73.3 Å². The zero-order valence-electron chi connectivity index (χ0n) is 23.1. The Morgan fingerprint density at radius 2 is 1.86 bits per heavy atom. The molecule has 0 fully saturated rings. The summed E-state index contributed by atoms with van der Waals surface area (Å²) in [7, 11) is 0. The fourth-order valence-corrected chi connectivity index (χ4v) is 5.59. The molecular formula is C35H40N2. The fourth-order valence-electron chi connectivity index (χ4n) is 5.59. The van der Waals surface area contributed by atoms with Gasteiger partial charge in [-0.3, -0.25) is 0 Å². The zero-order valence-corrected chi connectivity index (χ0v) is 23.1. The fraction of sp³-hybridized carbons (Fsp3) is 0.343. The number of hydrogen-bond donors (Lipinski definition) is 1. The number of anilines is 1. The number of allylic oxidation sites excluding steroid dienone is 2. The van der Waals surface area contributed by atoms with Crippen LogP contribution >= 0.6 is 0 Å². The van der Waals surface area contributed by atoms with Crippen molar-refractivity contribution in [2.45, 2.75) is 72.6 Å². The molecule has 3 aromatic carbocycles. The smallest absolute Gasteiger partial charge is 0.0625 e. The van der Waals surface area contributed by atoms with Gasteiger partial charge in [-0.15, -0.1) is 0 Å². The lowest BCUT2D eigenvalue weighted by atomic mass is 9.80. The molecule has 1 aliphatic carbocycles. The Balaban J connectivity index is 1.87. The van der Waals surface area contributed by atoms with Gasteiger partial charge in [-0.05, 0) is 101 Å². The topological polar surface area (TPSA) is 35.8 Å². The van der Waals surface area contributed by atoms with Gasteiger partial charge in [0.15, 0.2) is 0 Å². The molecule has 0 amide bonds. The van der Waals surface area contributed by atoms with Crippen molar-refractivity contribution in [3.8, 4) is 17.2 Å². The van der Waals surface area contributed by atoms with Gasteiger partial charge in [0.2, 0.25) is 0 Å². The third kappa shape index (κ3) is 6.41. The third-order valence-corrected chi connectivity index (χ3v) is 7.26. The minimum absolute atomic E-state index is 0.00167. The molecule has 1 atom stereocenters. The van der Waals surface area contributed by atoms with Crippen LogP contribution in [-0.4, -0.2) is 0 Å². The monoisotopic (exact) mass is 488 g/mol. The van der Waals surface area contributed by atoms with E-state index in [2.05, 4.69) is 101 Å². The summed E-state index contributed by atoms with van der Waals surface area (Å²) in [5.41, 5.74) is 12.2.